The number of aliphatic hydroxyl groups excluding tert-OH is 1. The molecule has 1 atom stereocenters. The molecule has 1 unspecified atom stereocenters. The van der Waals surface area contributed by atoms with Crippen molar-refractivity contribution < 1.29 is 13.5 Å². The number of benzene rings is 1. The molecule has 0 heterocycles. The van der Waals surface area contributed by atoms with E-state index in [9.17, 15) is 13.5 Å². The van der Waals surface area contributed by atoms with Crippen LogP contribution in [0.15, 0.2) is 29.2 Å². The molecular weight excluding hydrogens is 262 g/mol. The number of aliphatic hydroxyl groups is 1. The highest BCUT2D eigenvalue weighted by atomic mass is 32.2. The Morgan fingerprint density at radius 2 is 1.74 bits per heavy atom. The molecule has 0 spiro atoms. The minimum absolute atomic E-state index is 0.237. The molecule has 0 amide bonds. The third kappa shape index (κ3) is 5.30. The summed E-state index contributed by atoms with van der Waals surface area (Å²) < 4.78 is 26.6. The number of sulfonamides is 1. The number of hydrogen-bond acceptors (Lipinski definition) is 3. The van der Waals surface area contributed by atoms with Gasteiger partial charge in [-0.05, 0) is 43.4 Å². The van der Waals surface area contributed by atoms with Gasteiger partial charge in [-0.25, -0.2) is 13.1 Å². The first kappa shape index (κ1) is 16.1. The van der Waals surface area contributed by atoms with Crippen LogP contribution in [0, 0.1) is 5.92 Å². The second-order valence-electron chi connectivity index (χ2n) is 5.18. The van der Waals surface area contributed by atoms with Gasteiger partial charge in [-0.1, -0.05) is 26.0 Å². The van der Waals surface area contributed by atoms with Crippen molar-refractivity contribution in [3.05, 3.63) is 29.8 Å². The third-order valence-electron chi connectivity index (χ3n) is 2.92. The van der Waals surface area contributed by atoms with Gasteiger partial charge in [-0.3, -0.25) is 0 Å². The van der Waals surface area contributed by atoms with E-state index in [4.69, 9.17) is 0 Å². The van der Waals surface area contributed by atoms with E-state index in [1.807, 2.05) is 0 Å². The maximum absolute atomic E-state index is 12.0. The molecule has 0 aliphatic rings. The fraction of sp³-hybridized carbons (Fsp3) is 0.571. The summed E-state index contributed by atoms with van der Waals surface area (Å²) in [4.78, 5) is 0.237. The fourth-order valence-electron chi connectivity index (χ4n) is 1.73. The zero-order valence-electron chi connectivity index (χ0n) is 11.8. The van der Waals surface area contributed by atoms with Crippen LogP contribution >= 0.6 is 0 Å². The monoisotopic (exact) mass is 285 g/mol. The van der Waals surface area contributed by atoms with Crippen LogP contribution in [0.3, 0.4) is 0 Å². The second-order valence-corrected chi connectivity index (χ2v) is 6.95. The quantitative estimate of drug-likeness (QED) is 0.756. The van der Waals surface area contributed by atoms with Gasteiger partial charge in [-0.2, -0.15) is 0 Å². The Hall–Kier alpha value is -0.910. The highest BCUT2D eigenvalue weighted by molar-refractivity contribution is 7.89. The topological polar surface area (TPSA) is 66.4 Å². The lowest BCUT2D eigenvalue weighted by atomic mass is 10.1. The van der Waals surface area contributed by atoms with Gasteiger partial charge in [0.05, 0.1) is 11.0 Å². The minimum atomic E-state index is -3.43. The van der Waals surface area contributed by atoms with E-state index < -0.39 is 16.1 Å². The number of nitrogens with one attached hydrogen (secondary N) is 1. The Balaban J connectivity index is 2.62. The van der Waals surface area contributed by atoms with E-state index in [2.05, 4.69) is 18.6 Å². The molecule has 0 radical (unpaired) electrons. The number of hydrogen-bond donors (Lipinski definition) is 2. The number of rotatable bonds is 7. The van der Waals surface area contributed by atoms with E-state index in [1.54, 1.807) is 19.1 Å². The lowest BCUT2D eigenvalue weighted by Gasteiger charge is -2.09. The largest absolute Gasteiger partial charge is 0.389 e. The van der Waals surface area contributed by atoms with Crippen LogP contribution in [0.25, 0.3) is 0 Å². The molecule has 0 bridgehead atoms. The highest BCUT2D eigenvalue weighted by Crippen LogP contribution is 2.15. The van der Waals surface area contributed by atoms with Crippen molar-refractivity contribution in [1.29, 1.82) is 0 Å². The maximum Gasteiger partial charge on any atom is 0.240 e. The smallest absolute Gasteiger partial charge is 0.240 e. The SMILES string of the molecule is CC(C)CCCNS(=O)(=O)c1ccc(C(C)O)cc1. The van der Waals surface area contributed by atoms with Gasteiger partial charge >= 0.3 is 0 Å². The van der Waals surface area contributed by atoms with Gasteiger partial charge in [0.25, 0.3) is 0 Å². The summed E-state index contributed by atoms with van der Waals surface area (Å²) in [5.74, 6) is 0.579. The molecule has 0 aromatic heterocycles. The van der Waals surface area contributed by atoms with Crippen molar-refractivity contribution in [3.8, 4) is 0 Å². The van der Waals surface area contributed by atoms with E-state index in [1.165, 1.54) is 12.1 Å². The lowest BCUT2D eigenvalue weighted by Crippen LogP contribution is -2.25. The van der Waals surface area contributed by atoms with E-state index in [0.717, 1.165) is 12.8 Å². The molecule has 2 N–H and O–H groups in total. The lowest BCUT2D eigenvalue weighted by molar-refractivity contribution is 0.199. The summed E-state index contributed by atoms with van der Waals surface area (Å²) in [6.07, 6.45) is 1.25. The molecule has 0 saturated carbocycles. The van der Waals surface area contributed by atoms with E-state index in [0.29, 0.717) is 18.0 Å². The Bertz CT molecular complexity index is 478. The fourth-order valence-corrected chi connectivity index (χ4v) is 2.80. The summed E-state index contributed by atoms with van der Waals surface area (Å²) in [7, 11) is -3.43. The molecule has 0 saturated heterocycles. The zero-order chi connectivity index (χ0) is 14.5. The standard InChI is InChI=1S/C14H23NO3S/c1-11(2)5-4-10-15-19(17,18)14-8-6-13(7-9-14)12(3)16/h6-9,11-12,15-16H,4-5,10H2,1-3H3. The minimum Gasteiger partial charge on any atom is -0.389 e. The second kappa shape index (κ2) is 7.03. The van der Waals surface area contributed by atoms with Crippen molar-refractivity contribution in [1.82, 2.24) is 4.72 Å². The highest BCUT2D eigenvalue weighted by Gasteiger charge is 2.13. The summed E-state index contributed by atoms with van der Waals surface area (Å²) in [5, 5.41) is 9.38. The predicted octanol–water partition coefficient (Wildman–Crippen LogP) is 2.45. The van der Waals surface area contributed by atoms with Gasteiger partial charge < -0.3 is 5.11 Å². The Morgan fingerprint density at radius 1 is 1.16 bits per heavy atom. The molecule has 108 valence electrons. The molecule has 19 heavy (non-hydrogen) atoms. The molecule has 0 aliphatic carbocycles. The van der Waals surface area contributed by atoms with Gasteiger partial charge in [0.15, 0.2) is 0 Å². The first-order chi connectivity index (χ1) is 8.83. The molecule has 1 aromatic carbocycles. The van der Waals surface area contributed by atoms with Crippen molar-refractivity contribution in [2.75, 3.05) is 6.54 Å². The molecule has 0 aliphatic heterocycles. The average molecular weight is 285 g/mol. The van der Waals surface area contributed by atoms with Crippen LogP contribution in [0.2, 0.25) is 0 Å². The van der Waals surface area contributed by atoms with Crippen molar-refractivity contribution in [3.63, 3.8) is 0 Å². The zero-order valence-corrected chi connectivity index (χ0v) is 12.6. The summed E-state index contributed by atoms with van der Waals surface area (Å²) in [6.45, 7) is 6.33. The van der Waals surface area contributed by atoms with Gasteiger partial charge in [-0.15, -0.1) is 0 Å². The van der Waals surface area contributed by atoms with Gasteiger partial charge in [0.2, 0.25) is 10.0 Å². The van der Waals surface area contributed by atoms with Crippen LogP contribution in [0.1, 0.15) is 45.3 Å². The van der Waals surface area contributed by atoms with Gasteiger partial charge in [0.1, 0.15) is 0 Å². The van der Waals surface area contributed by atoms with Crippen molar-refractivity contribution in [2.45, 2.75) is 44.6 Å². The first-order valence-corrected chi connectivity index (χ1v) is 8.09. The van der Waals surface area contributed by atoms with E-state index >= 15 is 0 Å². The van der Waals surface area contributed by atoms with Crippen molar-refractivity contribution >= 4 is 10.0 Å². The third-order valence-corrected chi connectivity index (χ3v) is 4.40. The maximum atomic E-state index is 12.0. The molecule has 5 heteroatoms. The summed E-state index contributed by atoms with van der Waals surface area (Å²) >= 11 is 0. The van der Waals surface area contributed by atoms with Crippen LogP contribution in [-0.2, 0) is 10.0 Å². The van der Waals surface area contributed by atoms with Crippen LogP contribution in [-0.4, -0.2) is 20.1 Å². The Morgan fingerprint density at radius 3 is 2.21 bits per heavy atom. The summed E-state index contributed by atoms with van der Waals surface area (Å²) in [5.41, 5.74) is 0.707. The van der Waals surface area contributed by atoms with Crippen LogP contribution in [0.4, 0.5) is 0 Å². The molecular formula is C14H23NO3S. The average Bonchev–Trinajstić information content (AvgIpc) is 2.34. The Labute approximate surface area is 115 Å². The Kier molecular flexibility index (Phi) is 5.97. The summed E-state index contributed by atoms with van der Waals surface area (Å²) in [6, 6.07) is 6.31. The van der Waals surface area contributed by atoms with Crippen LogP contribution in [0.5, 0.6) is 0 Å². The van der Waals surface area contributed by atoms with Crippen LogP contribution < -0.4 is 4.72 Å². The predicted molar refractivity (Wildman–Crippen MR) is 76.3 cm³/mol. The van der Waals surface area contributed by atoms with E-state index in [-0.39, 0.29) is 4.90 Å². The molecule has 1 rings (SSSR count). The molecule has 4 nitrogen and oxygen atoms in total. The van der Waals surface area contributed by atoms with Crippen molar-refractivity contribution in [2.24, 2.45) is 5.92 Å². The molecule has 1 aromatic rings. The normalized spacial score (nSPS) is 13.7. The molecule has 0 fully saturated rings. The first-order valence-electron chi connectivity index (χ1n) is 6.60. The van der Waals surface area contributed by atoms with Gasteiger partial charge in [0, 0.05) is 6.54 Å².